The number of benzene rings is 4. The number of carbonyl (C=O) groups is 4. The lowest BCUT2D eigenvalue weighted by atomic mass is 10.0. The molecular weight excluding hydrogens is 1530 g/mol. The highest BCUT2D eigenvalue weighted by Crippen LogP contribution is 2.33. The first kappa shape index (κ1) is 79.0. The van der Waals surface area contributed by atoms with Crippen LogP contribution in [0.25, 0.3) is 0 Å². The molecule has 4 N–H and O–H groups in total. The van der Waals surface area contributed by atoms with Crippen molar-refractivity contribution in [2.24, 2.45) is 0 Å². The highest BCUT2D eigenvalue weighted by Gasteiger charge is 2.27. The Bertz CT molecular complexity index is 5380. The Morgan fingerprint density at radius 1 is 0.410 bits per heavy atom. The van der Waals surface area contributed by atoms with Gasteiger partial charge in [0.25, 0.3) is 23.6 Å². The number of amides is 4. The third kappa shape index (κ3) is 22.4. The normalized spacial score (nSPS) is 11.4. The monoisotopic (exact) mass is 1590 g/mol. The lowest BCUT2D eigenvalue weighted by molar-refractivity contribution is 0.101. The van der Waals surface area contributed by atoms with Crippen LogP contribution in [0.4, 0.5) is 29.3 Å². The molecular formula is C70H61ClF2N12O12S8. The summed E-state index contributed by atoms with van der Waals surface area (Å²) in [6, 6.07) is 42.5. The van der Waals surface area contributed by atoms with Crippen LogP contribution in [0.5, 0.6) is 0 Å². The van der Waals surface area contributed by atoms with Crippen molar-refractivity contribution in [3.8, 4) is 0 Å². The summed E-state index contributed by atoms with van der Waals surface area (Å²) >= 11 is 9.59. The number of hydrogen-bond donors (Lipinski definition) is 4. The summed E-state index contributed by atoms with van der Waals surface area (Å²) < 4.78 is 128. The van der Waals surface area contributed by atoms with Crippen LogP contribution in [-0.4, -0.2) is 97.2 Å². The number of aryl methyl sites for hydroxylation is 3. The van der Waals surface area contributed by atoms with Crippen LogP contribution in [0.1, 0.15) is 106 Å². The second kappa shape index (κ2) is 35.5. The number of anilines is 4. The standard InChI is InChI=1S/C20H21N3O3S2.C17H14ClN3O3S2.C17H14FN3O3S2.C16H12FN3O3S2/c1-13(2)16-9-7-15(8-10-16)12-28(25,26)19-14(3)22-20(27-19)23-18(24)17-6-4-5-11-21-17;2*1-11-5-6-12(13(18)8-11)10-26(23,24)15-9-20-17(25-15)21-16(22)14-4-2-3-7-19-14;17-12-6-2-1-5-11(12)10-25(22,23)14-9-19-16(24-14)20-15(21)13-7-3-4-8-18-13/h4-11,13H,12H2,1-3H3,(H,22,23,24);2*2-9H,10H2,1H3,(H,20,21,22);1-9H,10H2,(H,19,20,21). The summed E-state index contributed by atoms with van der Waals surface area (Å²) in [5, 5.41) is 11.2. The van der Waals surface area contributed by atoms with Gasteiger partial charge in [-0.1, -0.05) is 162 Å². The fourth-order valence-corrected chi connectivity index (χ4v) is 19.7. The van der Waals surface area contributed by atoms with E-state index in [0.717, 1.165) is 74.4 Å². The van der Waals surface area contributed by atoms with E-state index in [9.17, 15) is 61.6 Å². The minimum atomic E-state index is -3.78. The number of thiazole rings is 4. The van der Waals surface area contributed by atoms with Crippen molar-refractivity contribution in [3.05, 3.63) is 285 Å². The van der Waals surface area contributed by atoms with Gasteiger partial charge >= 0.3 is 0 Å². The van der Waals surface area contributed by atoms with E-state index in [4.69, 9.17) is 11.6 Å². The highest BCUT2D eigenvalue weighted by molar-refractivity contribution is 7.93. The van der Waals surface area contributed by atoms with Crippen LogP contribution in [0, 0.1) is 32.4 Å². The van der Waals surface area contributed by atoms with Gasteiger partial charge in [0.05, 0.1) is 47.3 Å². The number of nitrogens with zero attached hydrogens (tertiary/aromatic N) is 8. The molecule has 0 saturated carbocycles. The SMILES string of the molecule is Cc1ccc(CS(=O)(=O)c2cnc(NC(=O)c3ccccn3)s2)c(Cl)c1.Cc1ccc(CS(=O)(=O)c2cnc(NC(=O)c3ccccn3)s2)c(F)c1.Cc1nc(NC(=O)c2ccccn2)sc1S(=O)(=O)Cc1ccc(C(C)C)cc1.O=C(Nc1ncc(S(=O)(=O)Cc2ccccc2F)s1)c1ccccn1. The van der Waals surface area contributed by atoms with Crippen molar-refractivity contribution >= 4 is 140 Å². The molecule has 105 heavy (non-hydrogen) atoms. The number of hydrogen-bond acceptors (Lipinski definition) is 24. The van der Waals surface area contributed by atoms with Gasteiger partial charge in [0, 0.05) is 40.9 Å². The van der Waals surface area contributed by atoms with Crippen LogP contribution in [0.2, 0.25) is 5.02 Å². The molecule has 0 unspecified atom stereocenters. The van der Waals surface area contributed by atoms with Gasteiger partial charge in [-0.15, -0.1) is 0 Å². The Kier molecular flexibility index (Phi) is 26.7. The number of halogens is 3. The van der Waals surface area contributed by atoms with Crippen molar-refractivity contribution < 1.29 is 61.6 Å². The molecule has 0 spiro atoms. The van der Waals surface area contributed by atoms with E-state index >= 15 is 0 Å². The number of pyridine rings is 4. The summed E-state index contributed by atoms with van der Waals surface area (Å²) in [4.78, 5) is 80.0. The molecule has 0 saturated heterocycles. The summed E-state index contributed by atoms with van der Waals surface area (Å²) in [6.07, 6.45) is 9.50. The van der Waals surface area contributed by atoms with E-state index in [-0.39, 0.29) is 82.8 Å². The van der Waals surface area contributed by atoms with E-state index in [2.05, 4.69) is 75.0 Å². The van der Waals surface area contributed by atoms with Gasteiger partial charge in [0.15, 0.2) is 59.9 Å². The predicted molar refractivity (Wildman–Crippen MR) is 400 cm³/mol. The number of sulfone groups is 4. The summed E-state index contributed by atoms with van der Waals surface area (Å²) in [5.41, 5.74) is 5.44. The summed E-state index contributed by atoms with van der Waals surface area (Å²) in [7, 11) is -14.7. The van der Waals surface area contributed by atoms with E-state index in [1.165, 1.54) is 73.4 Å². The van der Waals surface area contributed by atoms with Crippen molar-refractivity contribution in [3.63, 3.8) is 0 Å². The van der Waals surface area contributed by atoms with Gasteiger partial charge in [0.2, 0.25) is 0 Å². The minimum Gasteiger partial charge on any atom is -0.296 e. The molecule has 0 radical (unpaired) electrons. The molecule has 0 aliphatic heterocycles. The maximum atomic E-state index is 13.9. The van der Waals surface area contributed by atoms with E-state index in [0.29, 0.717) is 27.8 Å². The molecule has 24 nitrogen and oxygen atoms in total. The molecule has 0 aliphatic rings. The smallest absolute Gasteiger partial charge is 0.276 e. The Morgan fingerprint density at radius 2 is 0.781 bits per heavy atom. The molecule has 8 aromatic heterocycles. The fourth-order valence-electron chi connectivity index (χ4n) is 9.01. The van der Waals surface area contributed by atoms with Gasteiger partial charge in [-0.25, -0.2) is 62.4 Å². The van der Waals surface area contributed by atoms with Gasteiger partial charge in [-0.2, -0.15) is 0 Å². The van der Waals surface area contributed by atoms with Crippen LogP contribution < -0.4 is 21.3 Å². The first-order valence-electron chi connectivity index (χ1n) is 30.9. The second-order valence-electron chi connectivity index (χ2n) is 22.7. The van der Waals surface area contributed by atoms with Crippen molar-refractivity contribution in [1.29, 1.82) is 0 Å². The van der Waals surface area contributed by atoms with Crippen LogP contribution in [0.3, 0.4) is 0 Å². The zero-order valence-electron chi connectivity index (χ0n) is 55.8. The molecule has 0 fully saturated rings. The lowest BCUT2D eigenvalue weighted by Crippen LogP contribution is -2.13. The largest absolute Gasteiger partial charge is 0.296 e. The molecule has 35 heteroatoms. The van der Waals surface area contributed by atoms with Crippen molar-refractivity contribution in [2.75, 3.05) is 21.3 Å². The van der Waals surface area contributed by atoms with Crippen molar-refractivity contribution in [1.82, 2.24) is 39.9 Å². The molecule has 0 bridgehead atoms. The average molecular weight is 1590 g/mol. The Hall–Kier alpha value is -10.2. The van der Waals surface area contributed by atoms with Crippen LogP contribution >= 0.6 is 56.9 Å². The van der Waals surface area contributed by atoms with E-state index in [1.807, 2.05) is 37.3 Å². The molecule has 0 aliphatic carbocycles. The maximum absolute atomic E-state index is 13.9. The zero-order valence-corrected chi connectivity index (χ0v) is 63.1. The number of rotatable bonds is 21. The Balaban J connectivity index is 0.000000162. The van der Waals surface area contributed by atoms with E-state index in [1.54, 1.807) is 98.8 Å². The Morgan fingerprint density at radius 3 is 1.16 bits per heavy atom. The molecule has 0 atom stereocenters. The predicted octanol–water partition coefficient (Wildman–Crippen LogP) is 14.0. The fraction of sp³-hybridized carbons (Fsp3) is 0.143. The molecule has 4 amide bonds. The number of carbonyl (C=O) groups excluding carboxylic acids is 4. The average Bonchev–Trinajstić information content (AvgIpc) is 1.70. The Labute approximate surface area is 623 Å². The third-order valence-corrected chi connectivity index (χ3v) is 27.5. The molecule has 8 heterocycles. The third-order valence-electron chi connectivity index (χ3n) is 14.3. The first-order chi connectivity index (χ1) is 49.9. The topological polar surface area (TPSA) is 356 Å². The maximum Gasteiger partial charge on any atom is 0.276 e. The summed E-state index contributed by atoms with van der Waals surface area (Å²) in [5.74, 6) is -3.93. The van der Waals surface area contributed by atoms with Gasteiger partial charge in [-0.3, -0.25) is 60.4 Å². The lowest BCUT2D eigenvalue weighted by Gasteiger charge is -2.07. The zero-order chi connectivity index (χ0) is 75.6. The first-order valence-corrected chi connectivity index (χ1v) is 41.1. The molecule has 4 aromatic carbocycles. The summed E-state index contributed by atoms with van der Waals surface area (Å²) in [6.45, 7) is 9.41. The molecule has 12 rings (SSSR count). The van der Waals surface area contributed by atoms with Gasteiger partial charge < -0.3 is 0 Å². The molecule has 12 aromatic rings. The second-order valence-corrected chi connectivity index (χ2v) is 36.1. The highest BCUT2D eigenvalue weighted by atomic mass is 35.5. The van der Waals surface area contributed by atoms with E-state index < -0.39 is 86.1 Å². The van der Waals surface area contributed by atoms with Crippen molar-refractivity contribution in [2.45, 2.75) is 80.4 Å². The van der Waals surface area contributed by atoms with Gasteiger partial charge in [0.1, 0.15) is 51.2 Å². The number of aromatic nitrogens is 8. The van der Waals surface area contributed by atoms with Crippen LogP contribution in [-0.2, 0) is 62.4 Å². The van der Waals surface area contributed by atoms with Gasteiger partial charge in [-0.05, 0) is 121 Å². The van der Waals surface area contributed by atoms with Crippen LogP contribution in [0.15, 0.2) is 218 Å². The minimum absolute atomic E-state index is 0.0474. The molecule has 542 valence electrons. The number of nitrogens with one attached hydrogen (secondary N) is 4. The quantitative estimate of drug-likeness (QED) is 0.0519.